The number of nitrogens with one attached hydrogen (secondary N) is 2. The second-order valence-electron chi connectivity index (χ2n) is 5.22. The summed E-state index contributed by atoms with van der Waals surface area (Å²) in [6.45, 7) is 0.254. The van der Waals surface area contributed by atoms with Crippen LogP contribution in [0.4, 0.5) is 5.69 Å². The van der Waals surface area contributed by atoms with Crippen LogP contribution < -0.4 is 15.6 Å². The van der Waals surface area contributed by atoms with Crippen molar-refractivity contribution in [2.45, 2.75) is 6.54 Å². The lowest BCUT2D eigenvalue weighted by Gasteiger charge is -2.11. The largest absolute Gasteiger partial charge is 0.378 e. The summed E-state index contributed by atoms with van der Waals surface area (Å²) in [6, 6.07) is 11.1. The normalized spacial score (nSPS) is 10.4. The van der Waals surface area contributed by atoms with Crippen molar-refractivity contribution in [2.24, 2.45) is 5.10 Å². The lowest BCUT2D eigenvalue weighted by molar-refractivity contribution is -0.139. The first kappa shape index (κ1) is 17.1. The van der Waals surface area contributed by atoms with Crippen molar-refractivity contribution in [1.82, 2.24) is 15.7 Å². The van der Waals surface area contributed by atoms with Crippen LogP contribution in [0.1, 0.15) is 11.1 Å². The van der Waals surface area contributed by atoms with Crippen molar-refractivity contribution < 1.29 is 9.59 Å². The first-order valence-electron chi connectivity index (χ1n) is 7.34. The molecular formula is C17H19N5O2. The molecule has 1 heterocycles. The molecule has 0 saturated carbocycles. The number of benzene rings is 1. The highest BCUT2D eigenvalue weighted by Crippen LogP contribution is 2.10. The summed E-state index contributed by atoms with van der Waals surface area (Å²) in [4.78, 5) is 29.2. The van der Waals surface area contributed by atoms with Crippen molar-refractivity contribution in [3.8, 4) is 0 Å². The average Bonchev–Trinajstić information content (AvgIpc) is 2.61. The Labute approximate surface area is 140 Å². The van der Waals surface area contributed by atoms with E-state index < -0.39 is 11.8 Å². The second kappa shape index (κ2) is 8.42. The quantitative estimate of drug-likeness (QED) is 0.486. The lowest BCUT2D eigenvalue weighted by atomic mass is 10.2. The number of rotatable bonds is 5. The zero-order valence-electron chi connectivity index (χ0n) is 13.6. The maximum atomic E-state index is 11.7. The number of carbonyl (C=O) groups excluding carboxylic acids is 2. The Morgan fingerprint density at radius 2 is 1.75 bits per heavy atom. The summed E-state index contributed by atoms with van der Waals surface area (Å²) in [5.74, 6) is -1.56. The standard InChI is InChI=1S/C17H19N5O2/c1-22(2)15-5-3-13(4-6-15)12-20-21-17(24)16(23)19-11-14-7-9-18-10-8-14/h3-10,12H,11H2,1-2H3,(H,19,23)(H,21,24)/b20-12-. The van der Waals surface area contributed by atoms with E-state index in [1.807, 2.05) is 43.3 Å². The minimum absolute atomic E-state index is 0.254. The Morgan fingerprint density at radius 3 is 2.38 bits per heavy atom. The lowest BCUT2D eigenvalue weighted by Crippen LogP contribution is -2.37. The van der Waals surface area contributed by atoms with Gasteiger partial charge in [-0.3, -0.25) is 14.6 Å². The third-order valence-corrected chi connectivity index (χ3v) is 3.20. The molecule has 0 unspecified atom stereocenters. The van der Waals surface area contributed by atoms with E-state index in [2.05, 4.69) is 20.8 Å². The predicted molar refractivity (Wildman–Crippen MR) is 92.6 cm³/mol. The van der Waals surface area contributed by atoms with Crippen LogP contribution in [-0.2, 0) is 16.1 Å². The molecule has 0 bridgehead atoms. The maximum absolute atomic E-state index is 11.7. The molecule has 2 N–H and O–H groups in total. The Kier molecular flexibility index (Phi) is 6.01. The van der Waals surface area contributed by atoms with Crippen LogP contribution in [0.2, 0.25) is 0 Å². The van der Waals surface area contributed by atoms with E-state index in [4.69, 9.17) is 0 Å². The Hall–Kier alpha value is -3.22. The van der Waals surface area contributed by atoms with Gasteiger partial charge in [0.25, 0.3) is 0 Å². The molecule has 0 spiro atoms. The Morgan fingerprint density at radius 1 is 1.08 bits per heavy atom. The van der Waals surface area contributed by atoms with Gasteiger partial charge in [-0.2, -0.15) is 5.10 Å². The van der Waals surface area contributed by atoms with Crippen LogP contribution in [0.15, 0.2) is 53.9 Å². The third kappa shape index (κ3) is 5.20. The van der Waals surface area contributed by atoms with Gasteiger partial charge in [-0.25, -0.2) is 5.43 Å². The minimum Gasteiger partial charge on any atom is -0.378 e. The third-order valence-electron chi connectivity index (χ3n) is 3.20. The monoisotopic (exact) mass is 325 g/mol. The molecule has 0 saturated heterocycles. The summed E-state index contributed by atoms with van der Waals surface area (Å²) in [5, 5.41) is 6.29. The summed E-state index contributed by atoms with van der Waals surface area (Å²) >= 11 is 0. The van der Waals surface area contributed by atoms with Gasteiger partial charge >= 0.3 is 11.8 Å². The van der Waals surface area contributed by atoms with Crippen molar-refractivity contribution in [3.63, 3.8) is 0 Å². The molecule has 7 heteroatoms. The number of hydrogen-bond acceptors (Lipinski definition) is 5. The molecule has 24 heavy (non-hydrogen) atoms. The summed E-state index contributed by atoms with van der Waals surface area (Å²) in [7, 11) is 3.90. The number of amides is 2. The number of hydrazone groups is 1. The van der Waals surface area contributed by atoms with Crippen LogP contribution >= 0.6 is 0 Å². The predicted octanol–water partition coefficient (Wildman–Crippen LogP) is 0.914. The number of nitrogens with zero attached hydrogens (tertiary/aromatic N) is 3. The molecule has 124 valence electrons. The molecule has 0 aliphatic heterocycles. The van der Waals surface area contributed by atoms with Crippen LogP contribution in [0.25, 0.3) is 0 Å². The van der Waals surface area contributed by atoms with Gasteiger partial charge in [-0.05, 0) is 35.4 Å². The van der Waals surface area contributed by atoms with Gasteiger partial charge in [-0.15, -0.1) is 0 Å². The zero-order valence-corrected chi connectivity index (χ0v) is 13.6. The van der Waals surface area contributed by atoms with Crippen molar-refractivity contribution in [3.05, 3.63) is 59.9 Å². The van der Waals surface area contributed by atoms with E-state index in [-0.39, 0.29) is 6.54 Å². The first-order chi connectivity index (χ1) is 11.6. The summed E-state index contributed by atoms with van der Waals surface area (Å²) in [6.07, 6.45) is 4.72. The van der Waals surface area contributed by atoms with Gasteiger partial charge in [0, 0.05) is 38.7 Å². The number of pyridine rings is 1. The molecule has 7 nitrogen and oxygen atoms in total. The first-order valence-corrected chi connectivity index (χ1v) is 7.34. The molecule has 0 fully saturated rings. The maximum Gasteiger partial charge on any atom is 0.329 e. The number of carbonyl (C=O) groups is 2. The van der Waals surface area contributed by atoms with Gasteiger partial charge < -0.3 is 10.2 Å². The van der Waals surface area contributed by atoms with Gasteiger partial charge in [0.05, 0.1) is 6.21 Å². The van der Waals surface area contributed by atoms with Crippen LogP contribution in [0, 0.1) is 0 Å². The van der Waals surface area contributed by atoms with Crippen LogP contribution in [0.5, 0.6) is 0 Å². The fraction of sp³-hybridized carbons (Fsp3) is 0.176. The van der Waals surface area contributed by atoms with E-state index in [0.717, 1.165) is 16.8 Å². The highest BCUT2D eigenvalue weighted by molar-refractivity contribution is 6.35. The van der Waals surface area contributed by atoms with E-state index in [9.17, 15) is 9.59 Å². The molecule has 2 rings (SSSR count). The molecule has 2 amide bonds. The van der Waals surface area contributed by atoms with Gasteiger partial charge in [-0.1, -0.05) is 12.1 Å². The summed E-state index contributed by atoms with van der Waals surface area (Å²) < 4.78 is 0. The molecule has 1 aromatic heterocycles. The van der Waals surface area contributed by atoms with E-state index in [1.165, 1.54) is 6.21 Å². The van der Waals surface area contributed by atoms with Crippen molar-refractivity contribution in [2.75, 3.05) is 19.0 Å². The molecule has 0 aliphatic rings. The van der Waals surface area contributed by atoms with Crippen molar-refractivity contribution >= 4 is 23.7 Å². The molecule has 0 radical (unpaired) electrons. The van der Waals surface area contributed by atoms with Gasteiger partial charge in [0.2, 0.25) is 0 Å². The fourth-order valence-electron chi connectivity index (χ4n) is 1.84. The number of hydrogen-bond donors (Lipinski definition) is 2. The number of aromatic nitrogens is 1. The SMILES string of the molecule is CN(C)c1ccc(/C=N\NC(=O)C(=O)NCc2ccncc2)cc1. The van der Waals surface area contributed by atoms with Crippen LogP contribution in [0.3, 0.4) is 0 Å². The smallest absolute Gasteiger partial charge is 0.329 e. The summed E-state index contributed by atoms with van der Waals surface area (Å²) in [5.41, 5.74) is 4.94. The van der Waals surface area contributed by atoms with Crippen LogP contribution in [-0.4, -0.2) is 37.1 Å². The van der Waals surface area contributed by atoms with Gasteiger partial charge in [0.1, 0.15) is 0 Å². The highest BCUT2D eigenvalue weighted by atomic mass is 16.2. The van der Waals surface area contributed by atoms with Crippen molar-refractivity contribution in [1.29, 1.82) is 0 Å². The Balaban J connectivity index is 1.80. The molecule has 1 aromatic carbocycles. The molecule has 2 aromatic rings. The zero-order chi connectivity index (χ0) is 17.4. The fourth-order valence-corrected chi connectivity index (χ4v) is 1.84. The molecule has 0 atom stereocenters. The topological polar surface area (TPSA) is 86.7 Å². The average molecular weight is 325 g/mol. The Bertz CT molecular complexity index is 712. The highest BCUT2D eigenvalue weighted by Gasteiger charge is 2.11. The van der Waals surface area contributed by atoms with Gasteiger partial charge in [0.15, 0.2) is 0 Å². The minimum atomic E-state index is -0.815. The van der Waals surface area contributed by atoms with E-state index in [1.54, 1.807) is 24.5 Å². The molecular weight excluding hydrogens is 306 g/mol. The molecule has 0 aliphatic carbocycles. The number of anilines is 1. The van der Waals surface area contributed by atoms with E-state index in [0.29, 0.717) is 0 Å². The second-order valence-corrected chi connectivity index (χ2v) is 5.22. The van der Waals surface area contributed by atoms with E-state index >= 15 is 0 Å².